The van der Waals surface area contributed by atoms with E-state index in [2.05, 4.69) is 25.4 Å². The number of amides is 1. The SMILES string of the molecule is NC(=O)CNc1ccc(-c2nc(N3CCOCC3)c3cn[nH]c3n2)cc1. The van der Waals surface area contributed by atoms with E-state index in [1.54, 1.807) is 6.20 Å². The molecule has 0 bridgehead atoms. The molecule has 0 atom stereocenters. The van der Waals surface area contributed by atoms with Crippen molar-refractivity contribution in [2.24, 2.45) is 5.73 Å². The first-order valence-corrected chi connectivity index (χ1v) is 8.37. The number of nitrogens with two attached hydrogens (primary N) is 1. The van der Waals surface area contributed by atoms with Crippen LogP contribution in [0.2, 0.25) is 0 Å². The monoisotopic (exact) mass is 353 g/mol. The summed E-state index contributed by atoms with van der Waals surface area (Å²) < 4.78 is 5.43. The summed E-state index contributed by atoms with van der Waals surface area (Å²) in [5, 5.41) is 10.9. The van der Waals surface area contributed by atoms with E-state index in [4.69, 9.17) is 15.5 Å². The molecule has 1 aromatic carbocycles. The number of benzene rings is 1. The van der Waals surface area contributed by atoms with Gasteiger partial charge < -0.3 is 20.7 Å². The molecule has 3 heterocycles. The molecule has 0 unspecified atom stereocenters. The second-order valence-electron chi connectivity index (χ2n) is 6.00. The van der Waals surface area contributed by atoms with Crippen molar-refractivity contribution in [3.8, 4) is 11.4 Å². The van der Waals surface area contributed by atoms with Gasteiger partial charge in [-0.05, 0) is 24.3 Å². The van der Waals surface area contributed by atoms with E-state index < -0.39 is 5.91 Å². The largest absolute Gasteiger partial charge is 0.378 e. The lowest BCUT2D eigenvalue weighted by atomic mass is 10.2. The van der Waals surface area contributed by atoms with E-state index in [1.807, 2.05) is 24.3 Å². The van der Waals surface area contributed by atoms with Crippen molar-refractivity contribution in [3.05, 3.63) is 30.5 Å². The average molecular weight is 353 g/mol. The van der Waals surface area contributed by atoms with Crippen molar-refractivity contribution in [1.82, 2.24) is 20.2 Å². The van der Waals surface area contributed by atoms with Crippen molar-refractivity contribution in [2.75, 3.05) is 43.1 Å². The molecule has 9 heteroatoms. The van der Waals surface area contributed by atoms with E-state index in [9.17, 15) is 4.79 Å². The molecule has 1 fully saturated rings. The number of fused-ring (bicyclic) bond motifs is 1. The number of carbonyl (C=O) groups is 1. The smallest absolute Gasteiger partial charge is 0.236 e. The highest BCUT2D eigenvalue weighted by Crippen LogP contribution is 2.27. The molecule has 1 aliphatic heterocycles. The minimum absolute atomic E-state index is 0.0944. The van der Waals surface area contributed by atoms with Gasteiger partial charge in [-0.3, -0.25) is 9.89 Å². The van der Waals surface area contributed by atoms with Gasteiger partial charge in [0.2, 0.25) is 5.91 Å². The predicted molar refractivity (Wildman–Crippen MR) is 97.8 cm³/mol. The fraction of sp³-hybridized carbons (Fsp3) is 0.294. The number of hydrogen-bond acceptors (Lipinski definition) is 7. The summed E-state index contributed by atoms with van der Waals surface area (Å²) in [7, 11) is 0. The number of morpholine rings is 1. The summed E-state index contributed by atoms with van der Waals surface area (Å²) in [6, 6.07) is 7.55. The predicted octanol–water partition coefficient (Wildman–Crippen LogP) is 0.754. The lowest BCUT2D eigenvalue weighted by Crippen LogP contribution is -2.37. The van der Waals surface area contributed by atoms with Crippen molar-refractivity contribution < 1.29 is 9.53 Å². The number of anilines is 2. The highest BCUT2D eigenvalue weighted by atomic mass is 16.5. The molecular formula is C17H19N7O2. The minimum atomic E-state index is -0.405. The Bertz CT molecular complexity index is 917. The second kappa shape index (κ2) is 6.96. The van der Waals surface area contributed by atoms with Crippen molar-refractivity contribution in [2.45, 2.75) is 0 Å². The zero-order valence-corrected chi connectivity index (χ0v) is 14.1. The van der Waals surface area contributed by atoms with Gasteiger partial charge in [0, 0.05) is 24.3 Å². The van der Waals surface area contributed by atoms with Gasteiger partial charge >= 0.3 is 0 Å². The quantitative estimate of drug-likeness (QED) is 0.619. The number of aromatic amines is 1. The molecule has 134 valence electrons. The molecule has 1 saturated heterocycles. The summed E-state index contributed by atoms with van der Waals surface area (Å²) >= 11 is 0. The third-order valence-corrected chi connectivity index (χ3v) is 4.21. The Morgan fingerprint density at radius 2 is 2.00 bits per heavy atom. The third kappa shape index (κ3) is 3.29. The molecule has 4 N–H and O–H groups in total. The Morgan fingerprint density at radius 3 is 2.73 bits per heavy atom. The molecule has 0 aliphatic carbocycles. The Labute approximate surface area is 149 Å². The van der Waals surface area contributed by atoms with Gasteiger partial charge in [0.25, 0.3) is 0 Å². The first-order chi connectivity index (χ1) is 12.7. The Kier molecular flexibility index (Phi) is 4.36. The summed E-state index contributed by atoms with van der Waals surface area (Å²) in [6.45, 7) is 3.02. The fourth-order valence-electron chi connectivity index (χ4n) is 2.89. The van der Waals surface area contributed by atoms with E-state index in [0.717, 1.165) is 35.5 Å². The van der Waals surface area contributed by atoms with Crippen LogP contribution < -0.4 is 16.0 Å². The van der Waals surface area contributed by atoms with Gasteiger partial charge in [0.05, 0.1) is 31.3 Å². The number of carbonyl (C=O) groups excluding carboxylic acids is 1. The number of H-pyrrole nitrogens is 1. The third-order valence-electron chi connectivity index (χ3n) is 4.21. The fourth-order valence-corrected chi connectivity index (χ4v) is 2.89. The molecular weight excluding hydrogens is 334 g/mol. The standard InChI is InChI=1S/C17H19N7O2/c18-14(25)10-19-12-3-1-11(2-4-12)15-21-16-13(9-20-23-16)17(22-15)24-5-7-26-8-6-24/h1-4,9,19H,5-8,10H2,(H2,18,25)(H,20,21,22,23). The summed E-state index contributed by atoms with van der Waals surface area (Å²) in [5.41, 5.74) is 7.53. The van der Waals surface area contributed by atoms with Crippen LogP contribution in [0.5, 0.6) is 0 Å². The Morgan fingerprint density at radius 1 is 1.23 bits per heavy atom. The minimum Gasteiger partial charge on any atom is -0.378 e. The molecule has 9 nitrogen and oxygen atoms in total. The maximum Gasteiger partial charge on any atom is 0.236 e. The topological polar surface area (TPSA) is 122 Å². The lowest BCUT2D eigenvalue weighted by Gasteiger charge is -2.28. The Hall–Kier alpha value is -3.20. The number of nitrogens with zero attached hydrogens (tertiary/aromatic N) is 4. The molecule has 0 spiro atoms. The highest BCUT2D eigenvalue weighted by Gasteiger charge is 2.19. The first-order valence-electron chi connectivity index (χ1n) is 8.37. The Balaban J connectivity index is 1.66. The average Bonchev–Trinajstić information content (AvgIpc) is 3.15. The number of nitrogens with one attached hydrogen (secondary N) is 2. The molecule has 2 aromatic heterocycles. The van der Waals surface area contributed by atoms with Gasteiger partial charge in [0.1, 0.15) is 5.82 Å². The van der Waals surface area contributed by atoms with Crippen LogP contribution >= 0.6 is 0 Å². The maximum atomic E-state index is 10.9. The van der Waals surface area contributed by atoms with Crippen molar-refractivity contribution >= 4 is 28.4 Å². The maximum absolute atomic E-state index is 10.9. The van der Waals surface area contributed by atoms with Crippen LogP contribution in [0.4, 0.5) is 11.5 Å². The van der Waals surface area contributed by atoms with Crippen LogP contribution in [0.15, 0.2) is 30.5 Å². The molecule has 0 radical (unpaired) electrons. The summed E-state index contributed by atoms with van der Waals surface area (Å²) in [6.07, 6.45) is 1.75. The summed E-state index contributed by atoms with van der Waals surface area (Å²) in [4.78, 5) is 22.4. The van der Waals surface area contributed by atoms with Crippen LogP contribution in [0.25, 0.3) is 22.4 Å². The molecule has 3 aromatic rings. The van der Waals surface area contributed by atoms with Crippen LogP contribution in [0.3, 0.4) is 0 Å². The lowest BCUT2D eigenvalue weighted by molar-refractivity contribution is -0.116. The van der Waals surface area contributed by atoms with Crippen LogP contribution in [0.1, 0.15) is 0 Å². The van der Waals surface area contributed by atoms with Gasteiger partial charge in [-0.1, -0.05) is 0 Å². The number of primary amides is 1. The van der Waals surface area contributed by atoms with Gasteiger partial charge in [-0.2, -0.15) is 5.10 Å². The highest BCUT2D eigenvalue weighted by molar-refractivity contribution is 5.88. The van der Waals surface area contributed by atoms with Crippen molar-refractivity contribution in [3.63, 3.8) is 0 Å². The molecule has 0 saturated carbocycles. The van der Waals surface area contributed by atoms with Crippen LogP contribution in [-0.4, -0.2) is 58.9 Å². The molecule has 1 aliphatic rings. The second-order valence-corrected chi connectivity index (χ2v) is 6.00. The van der Waals surface area contributed by atoms with Gasteiger partial charge in [-0.15, -0.1) is 0 Å². The molecule has 4 rings (SSSR count). The van der Waals surface area contributed by atoms with E-state index in [1.165, 1.54) is 0 Å². The normalized spacial score (nSPS) is 14.5. The number of aromatic nitrogens is 4. The first kappa shape index (κ1) is 16.3. The van der Waals surface area contributed by atoms with Crippen LogP contribution in [-0.2, 0) is 9.53 Å². The van der Waals surface area contributed by atoms with Crippen LogP contribution in [0, 0.1) is 0 Å². The number of rotatable bonds is 5. The summed E-state index contributed by atoms with van der Waals surface area (Å²) in [5.74, 6) is 1.07. The van der Waals surface area contributed by atoms with Crippen molar-refractivity contribution in [1.29, 1.82) is 0 Å². The molecule has 26 heavy (non-hydrogen) atoms. The van der Waals surface area contributed by atoms with E-state index in [0.29, 0.717) is 24.7 Å². The van der Waals surface area contributed by atoms with Gasteiger partial charge in [0.15, 0.2) is 11.5 Å². The zero-order chi connectivity index (χ0) is 17.9. The zero-order valence-electron chi connectivity index (χ0n) is 14.1. The number of ether oxygens (including phenoxy) is 1. The number of hydrogen-bond donors (Lipinski definition) is 3. The van der Waals surface area contributed by atoms with Gasteiger partial charge in [-0.25, -0.2) is 9.97 Å². The van der Waals surface area contributed by atoms with E-state index in [-0.39, 0.29) is 6.54 Å². The molecule has 1 amide bonds. The van der Waals surface area contributed by atoms with E-state index >= 15 is 0 Å².